The molecule has 24 heavy (non-hydrogen) atoms. The molecule has 128 valence electrons. The van der Waals surface area contributed by atoms with Crippen LogP contribution in [0.2, 0.25) is 0 Å². The number of nitrogens with one attached hydrogen (secondary N) is 1. The van der Waals surface area contributed by atoms with Crippen LogP contribution in [0.4, 0.5) is 4.79 Å². The molecule has 0 radical (unpaired) electrons. The molecule has 1 unspecified atom stereocenters. The SMILES string of the molecule is CC(CNC(=O)N1CCCCCC1)c1nc(-c2ccccc2)no1. The Labute approximate surface area is 142 Å². The molecule has 0 spiro atoms. The van der Waals surface area contributed by atoms with Crippen molar-refractivity contribution >= 4 is 6.03 Å². The zero-order valence-corrected chi connectivity index (χ0v) is 14.1. The van der Waals surface area contributed by atoms with E-state index in [0.29, 0.717) is 18.3 Å². The molecule has 1 aliphatic heterocycles. The first-order valence-corrected chi connectivity index (χ1v) is 8.66. The van der Waals surface area contributed by atoms with E-state index in [1.165, 1.54) is 12.8 Å². The molecule has 3 rings (SSSR count). The highest BCUT2D eigenvalue weighted by atomic mass is 16.5. The molecular weight excluding hydrogens is 304 g/mol. The number of carbonyl (C=O) groups is 1. The van der Waals surface area contributed by atoms with E-state index in [4.69, 9.17) is 4.52 Å². The van der Waals surface area contributed by atoms with Crippen LogP contribution < -0.4 is 5.32 Å². The lowest BCUT2D eigenvalue weighted by atomic mass is 10.2. The van der Waals surface area contributed by atoms with Crippen molar-refractivity contribution in [3.05, 3.63) is 36.2 Å². The number of nitrogens with zero attached hydrogens (tertiary/aromatic N) is 3. The Kier molecular flexibility index (Phi) is 5.46. The fraction of sp³-hybridized carbons (Fsp3) is 0.500. The zero-order chi connectivity index (χ0) is 16.8. The van der Waals surface area contributed by atoms with Crippen molar-refractivity contribution in [3.8, 4) is 11.4 Å². The van der Waals surface area contributed by atoms with E-state index in [1.54, 1.807) is 0 Å². The predicted molar refractivity (Wildman–Crippen MR) is 91.6 cm³/mol. The molecule has 1 aliphatic rings. The summed E-state index contributed by atoms with van der Waals surface area (Å²) < 4.78 is 5.35. The summed E-state index contributed by atoms with van der Waals surface area (Å²) in [5.41, 5.74) is 0.924. The highest BCUT2D eigenvalue weighted by Gasteiger charge is 2.19. The van der Waals surface area contributed by atoms with Crippen molar-refractivity contribution < 1.29 is 9.32 Å². The van der Waals surface area contributed by atoms with Gasteiger partial charge >= 0.3 is 6.03 Å². The molecule has 2 aromatic rings. The lowest BCUT2D eigenvalue weighted by Crippen LogP contribution is -2.41. The molecule has 6 nitrogen and oxygen atoms in total. The van der Waals surface area contributed by atoms with Crippen molar-refractivity contribution in [2.24, 2.45) is 0 Å². The van der Waals surface area contributed by atoms with Crippen LogP contribution >= 0.6 is 0 Å². The van der Waals surface area contributed by atoms with Crippen molar-refractivity contribution in [3.63, 3.8) is 0 Å². The van der Waals surface area contributed by atoms with E-state index in [9.17, 15) is 4.79 Å². The van der Waals surface area contributed by atoms with E-state index in [2.05, 4.69) is 15.5 Å². The van der Waals surface area contributed by atoms with Gasteiger partial charge in [-0.1, -0.05) is 55.3 Å². The standard InChI is InChI=1S/C18H24N4O2/c1-14(13-19-18(23)22-11-7-2-3-8-12-22)17-20-16(21-24-17)15-9-5-4-6-10-15/h4-6,9-10,14H,2-3,7-8,11-13H2,1H3,(H,19,23). The molecule has 0 bridgehead atoms. The topological polar surface area (TPSA) is 71.3 Å². The van der Waals surface area contributed by atoms with E-state index in [1.807, 2.05) is 42.2 Å². The van der Waals surface area contributed by atoms with E-state index in [-0.39, 0.29) is 11.9 Å². The summed E-state index contributed by atoms with van der Waals surface area (Å²) in [6.07, 6.45) is 4.61. The quantitative estimate of drug-likeness (QED) is 0.933. The second-order valence-corrected chi connectivity index (χ2v) is 6.31. The second-order valence-electron chi connectivity index (χ2n) is 6.31. The van der Waals surface area contributed by atoms with Gasteiger partial charge in [0.25, 0.3) is 0 Å². The van der Waals surface area contributed by atoms with Crippen molar-refractivity contribution in [1.29, 1.82) is 0 Å². The predicted octanol–water partition coefficient (Wildman–Crippen LogP) is 3.43. The molecule has 1 atom stereocenters. The van der Waals surface area contributed by atoms with E-state index < -0.39 is 0 Å². The lowest BCUT2D eigenvalue weighted by molar-refractivity contribution is 0.198. The molecule has 1 aromatic heterocycles. The molecule has 1 aromatic carbocycles. The number of rotatable bonds is 4. The van der Waals surface area contributed by atoms with E-state index in [0.717, 1.165) is 31.5 Å². The number of carbonyl (C=O) groups excluding carboxylic acids is 1. The number of hydrogen-bond donors (Lipinski definition) is 1. The Morgan fingerprint density at radius 1 is 1.21 bits per heavy atom. The highest BCUT2D eigenvalue weighted by molar-refractivity contribution is 5.74. The smallest absolute Gasteiger partial charge is 0.317 e. The third-order valence-corrected chi connectivity index (χ3v) is 4.35. The van der Waals surface area contributed by atoms with Crippen LogP contribution in [0.5, 0.6) is 0 Å². The summed E-state index contributed by atoms with van der Waals surface area (Å²) in [5, 5.41) is 7.01. The minimum absolute atomic E-state index is 0.00606. The van der Waals surface area contributed by atoms with Crippen LogP contribution in [0.1, 0.15) is 44.4 Å². The summed E-state index contributed by atoms with van der Waals surface area (Å²) >= 11 is 0. The summed E-state index contributed by atoms with van der Waals surface area (Å²) in [7, 11) is 0. The van der Waals surface area contributed by atoms with Gasteiger partial charge in [-0.3, -0.25) is 0 Å². The summed E-state index contributed by atoms with van der Waals surface area (Å²) in [5.74, 6) is 1.10. The molecule has 0 saturated carbocycles. The minimum atomic E-state index is -0.0223. The maximum absolute atomic E-state index is 12.3. The van der Waals surface area contributed by atoms with Crippen molar-refractivity contribution in [2.45, 2.75) is 38.5 Å². The van der Waals surface area contributed by atoms with Crippen LogP contribution in [-0.4, -0.2) is 40.7 Å². The summed E-state index contributed by atoms with van der Waals surface area (Å²) in [4.78, 5) is 18.6. The maximum Gasteiger partial charge on any atom is 0.317 e. The summed E-state index contributed by atoms with van der Waals surface area (Å²) in [6, 6.07) is 9.73. The Morgan fingerprint density at radius 2 is 1.92 bits per heavy atom. The van der Waals surface area contributed by atoms with Crippen LogP contribution in [-0.2, 0) is 0 Å². The van der Waals surface area contributed by atoms with Crippen LogP contribution in [0.25, 0.3) is 11.4 Å². The molecule has 1 fully saturated rings. The molecule has 2 heterocycles. The molecular formula is C18H24N4O2. The number of hydrogen-bond acceptors (Lipinski definition) is 4. The van der Waals surface area contributed by atoms with Gasteiger partial charge in [-0.2, -0.15) is 4.98 Å². The van der Waals surface area contributed by atoms with Gasteiger partial charge in [0.05, 0.1) is 5.92 Å². The average molecular weight is 328 g/mol. The first-order valence-electron chi connectivity index (χ1n) is 8.66. The molecule has 6 heteroatoms. The molecule has 0 aliphatic carbocycles. The lowest BCUT2D eigenvalue weighted by Gasteiger charge is -2.21. The van der Waals surface area contributed by atoms with Gasteiger partial charge in [0, 0.05) is 25.2 Å². The molecule has 2 amide bonds. The van der Waals surface area contributed by atoms with E-state index >= 15 is 0 Å². The third-order valence-electron chi connectivity index (χ3n) is 4.35. The van der Waals surface area contributed by atoms with Crippen LogP contribution in [0.15, 0.2) is 34.9 Å². The van der Waals surface area contributed by atoms with Gasteiger partial charge in [0.15, 0.2) is 0 Å². The van der Waals surface area contributed by atoms with Crippen molar-refractivity contribution in [1.82, 2.24) is 20.4 Å². The number of aromatic nitrogens is 2. The number of amides is 2. The van der Waals surface area contributed by atoms with Gasteiger partial charge in [-0.15, -0.1) is 0 Å². The molecule has 1 saturated heterocycles. The van der Waals surface area contributed by atoms with Gasteiger partial charge in [-0.05, 0) is 12.8 Å². The Balaban J connectivity index is 1.54. The minimum Gasteiger partial charge on any atom is -0.339 e. The Bertz CT molecular complexity index is 648. The third kappa shape index (κ3) is 4.13. The Morgan fingerprint density at radius 3 is 2.62 bits per heavy atom. The van der Waals surface area contributed by atoms with Gasteiger partial charge in [-0.25, -0.2) is 4.79 Å². The largest absolute Gasteiger partial charge is 0.339 e. The van der Waals surface area contributed by atoms with Gasteiger partial charge < -0.3 is 14.7 Å². The molecule has 1 N–H and O–H groups in total. The van der Waals surface area contributed by atoms with Crippen LogP contribution in [0.3, 0.4) is 0 Å². The fourth-order valence-electron chi connectivity index (χ4n) is 2.85. The first kappa shape index (κ1) is 16.5. The van der Waals surface area contributed by atoms with Crippen molar-refractivity contribution in [2.75, 3.05) is 19.6 Å². The number of likely N-dealkylation sites (tertiary alicyclic amines) is 1. The van der Waals surface area contributed by atoms with Gasteiger partial charge in [0.1, 0.15) is 0 Å². The van der Waals surface area contributed by atoms with Crippen LogP contribution in [0, 0.1) is 0 Å². The number of urea groups is 1. The normalized spacial score (nSPS) is 16.5. The highest BCUT2D eigenvalue weighted by Crippen LogP contribution is 2.19. The second kappa shape index (κ2) is 7.95. The summed E-state index contributed by atoms with van der Waals surface area (Å²) in [6.45, 7) is 4.16. The number of benzene rings is 1. The van der Waals surface area contributed by atoms with Gasteiger partial charge in [0.2, 0.25) is 11.7 Å². The fourth-order valence-corrected chi connectivity index (χ4v) is 2.85. The zero-order valence-electron chi connectivity index (χ0n) is 14.1. The Hall–Kier alpha value is -2.37. The average Bonchev–Trinajstić information content (AvgIpc) is 2.96. The first-order chi connectivity index (χ1) is 11.7. The monoisotopic (exact) mass is 328 g/mol. The maximum atomic E-state index is 12.3.